The van der Waals surface area contributed by atoms with Crippen LogP contribution in [0, 0.1) is 41.4 Å². The summed E-state index contributed by atoms with van der Waals surface area (Å²) in [5.74, 6) is -10.1. The molecule has 9 N–H and O–H groups in total. The molecular weight excluding hydrogens is 1120 g/mol. The van der Waals surface area contributed by atoms with Crippen molar-refractivity contribution >= 4 is 65.0 Å². The summed E-state index contributed by atoms with van der Waals surface area (Å²) in [6.45, 7) is 28.9. The third-order valence-electron chi connectivity index (χ3n) is 15.7. The van der Waals surface area contributed by atoms with E-state index in [1.807, 2.05) is 69.2 Å². The second-order valence-corrected chi connectivity index (χ2v) is 25.8. The number of carbonyl (C=O) groups excluding carboxylic acids is 10. The lowest BCUT2D eigenvalue weighted by molar-refractivity contribution is -0.155. The van der Waals surface area contributed by atoms with Gasteiger partial charge in [0.25, 0.3) is 0 Å². The summed E-state index contributed by atoms with van der Waals surface area (Å²) in [5.41, 5.74) is 0. The summed E-state index contributed by atoms with van der Waals surface area (Å²) >= 11 is 0. The minimum Gasteiger partial charge on any atom is -0.480 e. The third-order valence-corrected chi connectivity index (χ3v) is 15.7. The Morgan fingerprint density at radius 2 is 0.885 bits per heavy atom. The number of aliphatic carboxylic acids is 1. The summed E-state index contributed by atoms with van der Waals surface area (Å²) in [6.07, 6.45) is 2.10. The number of amides is 10. The molecule has 1 unspecified atom stereocenters. The van der Waals surface area contributed by atoms with Crippen LogP contribution in [-0.4, -0.2) is 226 Å². The highest BCUT2D eigenvalue weighted by Crippen LogP contribution is 2.24. The Hall–Kier alpha value is -6.21. The van der Waals surface area contributed by atoms with Crippen molar-refractivity contribution in [3.05, 3.63) is 12.2 Å². The zero-order chi connectivity index (χ0) is 67.8. The molecule has 10 amide bonds. The largest absolute Gasteiger partial charge is 0.480 e. The Kier molecular flexibility index (Phi) is 35.5. The van der Waals surface area contributed by atoms with Crippen LogP contribution in [0.1, 0.15) is 156 Å². The molecule has 0 saturated heterocycles. The van der Waals surface area contributed by atoms with Gasteiger partial charge in [-0.25, -0.2) is 0 Å². The zero-order valence-electron chi connectivity index (χ0n) is 56.6. The molecule has 25 heteroatoms. The molecule has 0 aliphatic carbocycles. The number of hydrogen-bond acceptors (Lipinski definition) is 14. The fourth-order valence-corrected chi connectivity index (χ4v) is 10.4. The van der Waals surface area contributed by atoms with Gasteiger partial charge in [0, 0.05) is 35.2 Å². The smallest absolute Gasteiger partial charge is 0.323 e. The van der Waals surface area contributed by atoms with E-state index in [2.05, 4.69) is 31.9 Å². The van der Waals surface area contributed by atoms with E-state index in [9.17, 15) is 68.1 Å². The van der Waals surface area contributed by atoms with Gasteiger partial charge in [-0.1, -0.05) is 109 Å². The highest BCUT2D eigenvalue weighted by Gasteiger charge is 2.45. The van der Waals surface area contributed by atoms with E-state index in [-0.39, 0.29) is 61.2 Å². The maximum atomic E-state index is 14.9. The van der Waals surface area contributed by atoms with E-state index in [0.29, 0.717) is 6.42 Å². The molecule has 14 atom stereocenters. The fourth-order valence-electron chi connectivity index (χ4n) is 10.4. The summed E-state index contributed by atoms with van der Waals surface area (Å²) < 4.78 is 0. The molecule has 0 aromatic rings. The highest BCUT2D eigenvalue weighted by molar-refractivity contribution is 5.99. The van der Waals surface area contributed by atoms with Gasteiger partial charge in [0.2, 0.25) is 59.1 Å². The number of hydrogen-bond donors (Lipinski definition) is 9. The van der Waals surface area contributed by atoms with E-state index < -0.39 is 150 Å². The van der Waals surface area contributed by atoms with Crippen molar-refractivity contribution in [3.63, 3.8) is 0 Å². The number of carboxylic acid groups (broad SMARTS) is 1. The Labute approximate surface area is 519 Å². The molecule has 0 spiro atoms. The maximum absolute atomic E-state index is 14.9. The van der Waals surface area contributed by atoms with Crippen LogP contribution in [0.15, 0.2) is 12.2 Å². The van der Waals surface area contributed by atoms with Crippen LogP contribution in [0.25, 0.3) is 0 Å². The number of allylic oxidation sites excluding steroid dienone is 2. The van der Waals surface area contributed by atoms with Crippen molar-refractivity contribution < 1.29 is 68.1 Å². The molecule has 0 aromatic heterocycles. The highest BCUT2D eigenvalue weighted by atomic mass is 16.4. The summed E-state index contributed by atoms with van der Waals surface area (Å²) in [5, 5.41) is 48.3. The molecule has 25 nitrogen and oxygen atoms in total. The molecule has 87 heavy (non-hydrogen) atoms. The van der Waals surface area contributed by atoms with Gasteiger partial charge in [-0.2, -0.15) is 0 Å². The van der Waals surface area contributed by atoms with Crippen LogP contribution in [-0.2, 0) is 52.7 Å². The molecule has 0 aliphatic heterocycles. The Bertz CT molecular complexity index is 2310. The minimum atomic E-state index is -1.71. The molecule has 0 bridgehead atoms. The van der Waals surface area contributed by atoms with Crippen molar-refractivity contribution in [2.75, 3.05) is 48.8 Å². The van der Waals surface area contributed by atoms with E-state index in [0.717, 1.165) is 21.1 Å². The van der Waals surface area contributed by atoms with E-state index in [1.165, 1.54) is 65.8 Å². The number of likely N-dealkylation sites (N-methyl/N-ethyl adjacent to an activating group) is 6. The Morgan fingerprint density at radius 1 is 0.460 bits per heavy atom. The number of aliphatic hydroxyl groups excluding tert-OH is 2. The molecule has 0 aromatic carbocycles. The topological polar surface area (TPSA) is 337 Å². The first-order chi connectivity index (χ1) is 40.1. The van der Waals surface area contributed by atoms with Crippen molar-refractivity contribution in [1.82, 2.24) is 56.4 Å². The number of rotatable bonds is 38. The van der Waals surface area contributed by atoms with E-state index in [4.69, 9.17) is 0 Å². The number of nitrogens with zero attached hydrogens (tertiary/aromatic N) is 5. The first kappa shape index (κ1) is 80.8. The lowest BCUT2D eigenvalue weighted by atomic mass is 9.91. The van der Waals surface area contributed by atoms with Crippen LogP contribution < -0.4 is 31.9 Å². The van der Waals surface area contributed by atoms with Crippen LogP contribution in [0.4, 0.5) is 0 Å². The fraction of sp³-hybridized carbons (Fsp3) is 0.790. The normalized spacial score (nSPS) is 16.6. The van der Waals surface area contributed by atoms with E-state index >= 15 is 0 Å². The van der Waals surface area contributed by atoms with Gasteiger partial charge in [0.1, 0.15) is 60.9 Å². The molecule has 0 radical (unpaired) electrons. The van der Waals surface area contributed by atoms with Gasteiger partial charge in [-0.05, 0) is 108 Å². The standard InChI is InChI=1S/C62H113N11O14/c1-24-26-27-39(14)52(77)51(57(82)68-49(42(17)74)61(86)69(19)32-47(75)76)73(23)62(87)50(37(11)12)72(22)60(85)44(29-34(5)6)66-55(80)46(31-36(9)10)70(20)58(83)41(16)65-53(78)40(15)64-54(79)45(30-35(7)8)71(21)59(84)43(28-33(3)4)67-56(81)48(63-18)38(13)25-2/h24,26,33-46,48-52,63,74,77H,25,27-32H2,1-23H3,(H,64,79)(H,65,78)(H,66,80)(H,67,81)(H,68,82)(H,75,76)/b26-24+/t38?,39-,40+,41-,42-,43+,44+,45+,46+,48+,49+,50+,51+,52-/m1/s1. The minimum absolute atomic E-state index is 0.0109. The number of nitrogens with one attached hydrogen (secondary N) is 6. The summed E-state index contributed by atoms with van der Waals surface area (Å²) in [4.78, 5) is 159. The Balaban J connectivity index is 6.92. The van der Waals surface area contributed by atoms with Crippen LogP contribution in [0.3, 0.4) is 0 Å². The predicted molar refractivity (Wildman–Crippen MR) is 334 cm³/mol. The van der Waals surface area contributed by atoms with Crippen molar-refractivity contribution in [3.8, 4) is 0 Å². The molecule has 0 rings (SSSR count). The molecule has 0 fully saturated rings. The van der Waals surface area contributed by atoms with Gasteiger partial charge in [-0.3, -0.25) is 52.7 Å². The molecule has 500 valence electrons. The van der Waals surface area contributed by atoms with Gasteiger partial charge >= 0.3 is 5.97 Å². The zero-order valence-corrected chi connectivity index (χ0v) is 56.6. The van der Waals surface area contributed by atoms with E-state index in [1.54, 1.807) is 46.9 Å². The third kappa shape index (κ3) is 25.4. The molecular formula is C62H113N11O14. The molecule has 0 heterocycles. The quantitative estimate of drug-likeness (QED) is 0.0400. The van der Waals surface area contributed by atoms with Gasteiger partial charge in [0.05, 0.1) is 18.2 Å². The average molecular weight is 1240 g/mol. The van der Waals surface area contributed by atoms with Crippen LogP contribution in [0.5, 0.6) is 0 Å². The molecule has 0 aliphatic rings. The van der Waals surface area contributed by atoms with Crippen LogP contribution >= 0.6 is 0 Å². The van der Waals surface area contributed by atoms with Crippen LogP contribution in [0.2, 0.25) is 0 Å². The van der Waals surface area contributed by atoms with Gasteiger partial charge in [0.15, 0.2) is 0 Å². The predicted octanol–water partition coefficient (Wildman–Crippen LogP) is 2.12. The first-order valence-corrected chi connectivity index (χ1v) is 30.8. The lowest BCUT2D eigenvalue weighted by Gasteiger charge is -2.40. The SMILES string of the molecule is C/C=C/C[C@@H](C)[C@@H](O)[C@@H](C(=O)N[C@H](C(=O)N(C)CC(=O)O)[C@@H](C)O)N(C)C(=O)[C@H](C(C)C)N(C)C(=O)[C@H](CC(C)C)NC(=O)[C@H](CC(C)C)N(C)C(=O)[C@@H](C)NC(=O)[C@H](C)NC(=O)[C@H](CC(C)C)N(C)C(=O)[C@H](CC(C)C)NC(=O)[C@@H](NC)C(C)CC. The summed E-state index contributed by atoms with van der Waals surface area (Å²) in [6, 6.07) is -12.1. The monoisotopic (exact) mass is 1240 g/mol. The second-order valence-electron chi connectivity index (χ2n) is 25.8. The van der Waals surface area contributed by atoms with Gasteiger partial charge < -0.3 is 71.7 Å². The number of aliphatic hydroxyl groups is 2. The van der Waals surface area contributed by atoms with Crippen molar-refractivity contribution in [2.24, 2.45) is 41.4 Å². The van der Waals surface area contributed by atoms with Crippen molar-refractivity contribution in [2.45, 2.75) is 229 Å². The average Bonchev–Trinajstić information content (AvgIpc) is 2.09. The number of carbonyl (C=O) groups is 11. The van der Waals surface area contributed by atoms with Crippen molar-refractivity contribution in [1.29, 1.82) is 0 Å². The summed E-state index contributed by atoms with van der Waals surface area (Å²) in [7, 11) is 8.37. The van der Waals surface area contributed by atoms with Gasteiger partial charge in [-0.15, -0.1) is 0 Å². The Morgan fingerprint density at radius 3 is 1.30 bits per heavy atom. The second kappa shape index (κ2) is 38.3. The number of carboxylic acids is 1. The maximum Gasteiger partial charge on any atom is 0.323 e. The first-order valence-electron chi connectivity index (χ1n) is 30.8. The lowest BCUT2D eigenvalue weighted by Crippen LogP contribution is -2.64. The molecule has 0 saturated carbocycles.